The van der Waals surface area contributed by atoms with Crippen molar-refractivity contribution >= 4 is 11.6 Å². The molecule has 0 aromatic carbocycles. The molecule has 0 amide bonds. The molecule has 2 unspecified atom stereocenters. The van der Waals surface area contributed by atoms with Crippen LogP contribution in [0.25, 0.3) is 10.4 Å². The van der Waals surface area contributed by atoms with Gasteiger partial charge in [-0.05, 0) is 17.7 Å². The predicted molar refractivity (Wildman–Crippen MR) is 54.2 cm³/mol. The summed E-state index contributed by atoms with van der Waals surface area (Å²) < 4.78 is 0. The Hall–Kier alpha value is -1.33. The summed E-state index contributed by atoms with van der Waals surface area (Å²) in [6.07, 6.45) is -0.997. The van der Waals surface area contributed by atoms with Crippen molar-refractivity contribution in [3.05, 3.63) is 39.5 Å². The third-order valence-corrected chi connectivity index (χ3v) is 1.97. The fraction of sp³-hybridized carbons (Fsp3) is 0.375. The van der Waals surface area contributed by atoms with E-state index in [9.17, 15) is 10.2 Å². The van der Waals surface area contributed by atoms with E-state index in [-0.39, 0.29) is 12.2 Å². The third kappa shape index (κ3) is 3.38. The molecule has 2 atom stereocenters. The highest BCUT2D eigenvalue weighted by Crippen LogP contribution is 2.16. The third-order valence-electron chi connectivity index (χ3n) is 1.75. The van der Waals surface area contributed by atoms with Crippen molar-refractivity contribution in [2.45, 2.75) is 12.2 Å². The van der Waals surface area contributed by atoms with Gasteiger partial charge in [-0.3, -0.25) is 4.98 Å². The second-order valence-electron chi connectivity index (χ2n) is 2.83. The first-order valence-corrected chi connectivity index (χ1v) is 4.51. The van der Waals surface area contributed by atoms with Crippen LogP contribution in [-0.4, -0.2) is 27.8 Å². The smallest absolute Gasteiger partial charge is 0.122 e. The van der Waals surface area contributed by atoms with E-state index in [1.807, 2.05) is 0 Å². The lowest BCUT2D eigenvalue weighted by atomic mass is 10.1. The molecule has 0 bridgehead atoms. The van der Waals surface area contributed by atoms with Crippen LogP contribution >= 0.6 is 11.6 Å². The molecule has 1 aromatic heterocycles. The molecule has 0 saturated carbocycles. The Morgan fingerprint density at radius 3 is 2.80 bits per heavy atom. The minimum absolute atomic E-state index is 0.206. The summed E-state index contributed by atoms with van der Waals surface area (Å²) in [7, 11) is 0. The predicted octanol–water partition coefficient (Wildman–Crippen LogP) is 1.44. The second kappa shape index (κ2) is 5.53. The summed E-state index contributed by atoms with van der Waals surface area (Å²) >= 11 is 5.61. The van der Waals surface area contributed by atoms with Crippen LogP contribution in [0.1, 0.15) is 11.8 Å². The lowest BCUT2D eigenvalue weighted by molar-refractivity contribution is 0.0218. The van der Waals surface area contributed by atoms with Crippen molar-refractivity contribution in [1.82, 2.24) is 4.98 Å². The SMILES string of the molecule is [N-]=[N+]=NCC(O)C(O)c1ccc(Cl)cn1. The first kappa shape index (κ1) is 11.7. The zero-order chi connectivity index (χ0) is 11.3. The van der Waals surface area contributed by atoms with Gasteiger partial charge in [0.15, 0.2) is 0 Å². The normalized spacial score (nSPS) is 14.1. The lowest BCUT2D eigenvalue weighted by Gasteiger charge is -2.14. The number of nitrogens with zero attached hydrogens (tertiary/aromatic N) is 4. The van der Waals surface area contributed by atoms with Gasteiger partial charge < -0.3 is 10.2 Å². The van der Waals surface area contributed by atoms with E-state index in [4.69, 9.17) is 17.1 Å². The van der Waals surface area contributed by atoms with Gasteiger partial charge in [0.1, 0.15) is 6.10 Å². The van der Waals surface area contributed by atoms with Crippen LogP contribution in [0.2, 0.25) is 5.02 Å². The number of pyridine rings is 1. The van der Waals surface area contributed by atoms with Crippen molar-refractivity contribution < 1.29 is 10.2 Å². The van der Waals surface area contributed by atoms with E-state index < -0.39 is 12.2 Å². The maximum Gasteiger partial charge on any atom is 0.122 e. The van der Waals surface area contributed by atoms with Crippen molar-refractivity contribution in [3.63, 3.8) is 0 Å². The molecular formula is C8H9ClN4O2. The van der Waals surface area contributed by atoms with Crippen LogP contribution in [0.3, 0.4) is 0 Å². The molecule has 6 nitrogen and oxygen atoms in total. The molecule has 0 aliphatic rings. The Morgan fingerprint density at radius 2 is 2.27 bits per heavy atom. The van der Waals surface area contributed by atoms with E-state index in [0.29, 0.717) is 5.02 Å². The molecular weight excluding hydrogens is 220 g/mol. The molecule has 0 fully saturated rings. The Morgan fingerprint density at radius 1 is 1.53 bits per heavy atom. The highest BCUT2D eigenvalue weighted by Gasteiger charge is 2.18. The van der Waals surface area contributed by atoms with Gasteiger partial charge in [-0.25, -0.2) is 0 Å². The average Bonchev–Trinajstić information content (AvgIpc) is 2.26. The molecule has 7 heteroatoms. The van der Waals surface area contributed by atoms with Crippen LogP contribution < -0.4 is 0 Å². The second-order valence-corrected chi connectivity index (χ2v) is 3.26. The lowest BCUT2D eigenvalue weighted by Crippen LogP contribution is -2.21. The van der Waals surface area contributed by atoms with E-state index in [0.717, 1.165) is 0 Å². The summed E-state index contributed by atoms with van der Waals surface area (Å²) in [5, 5.41) is 22.5. The van der Waals surface area contributed by atoms with Gasteiger partial charge in [0.05, 0.1) is 23.4 Å². The molecule has 15 heavy (non-hydrogen) atoms. The highest BCUT2D eigenvalue weighted by atomic mass is 35.5. The van der Waals surface area contributed by atoms with Gasteiger partial charge in [0.2, 0.25) is 0 Å². The zero-order valence-corrected chi connectivity index (χ0v) is 8.41. The quantitative estimate of drug-likeness (QED) is 0.463. The van der Waals surface area contributed by atoms with Gasteiger partial charge in [-0.2, -0.15) is 0 Å². The number of hydrogen-bond acceptors (Lipinski definition) is 4. The number of rotatable bonds is 4. The number of aliphatic hydroxyl groups is 2. The molecule has 1 rings (SSSR count). The minimum atomic E-state index is -1.19. The average molecular weight is 229 g/mol. The zero-order valence-electron chi connectivity index (χ0n) is 7.66. The molecule has 1 heterocycles. The van der Waals surface area contributed by atoms with Crippen LogP contribution in [0.5, 0.6) is 0 Å². The molecule has 0 saturated heterocycles. The van der Waals surface area contributed by atoms with Crippen LogP contribution in [0.4, 0.5) is 0 Å². The van der Waals surface area contributed by atoms with Crippen molar-refractivity contribution in [2.75, 3.05) is 6.54 Å². The van der Waals surface area contributed by atoms with Gasteiger partial charge in [0.25, 0.3) is 0 Å². The minimum Gasteiger partial charge on any atom is -0.390 e. The van der Waals surface area contributed by atoms with Gasteiger partial charge in [0, 0.05) is 11.1 Å². The van der Waals surface area contributed by atoms with Crippen molar-refractivity contribution in [3.8, 4) is 0 Å². The largest absolute Gasteiger partial charge is 0.390 e. The number of azide groups is 1. The molecule has 80 valence electrons. The van der Waals surface area contributed by atoms with Gasteiger partial charge in [-0.15, -0.1) is 0 Å². The number of aromatic nitrogens is 1. The summed E-state index contributed by atoms with van der Waals surface area (Å²) in [6, 6.07) is 3.04. The van der Waals surface area contributed by atoms with Crippen molar-refractivity contribution in [2.24, 2.45) is 5.11 Å². The Labute approximate surface area is 90.8 Å². The summed E-state index contributed by atoms with van der Waals surface area (Å²) in [5.41, 5.74) is 8.31. The summed E-state index contributed by atoms with van der Waals surface area (Å²) in [5.74, 6) is 0. The van der Waals surface area contributed by atoms with E-state index in [1.54, 1.807) is 6.07 Å². The van der Waals surface area contributed by atoms with Crippen LogP contribution in [0, 0.1) is 0 Å². The first-order chi connectivity index (χ1) is 7.15. The molecule has 0 spiro atoms. The fourth-order valence-electron chi connectivity index (χ4n) is 0.979. The van der Waals surface area contributed by atoms with Crippen LogP contribution in [0.15, 0.2) is 23.4 Å². The molecule has 0 aliphatic carbocycles. The van der Waals surface area contributed by atoms with Crippen molar-refractivity contribution in [1.29, 1.82) is 0 Å². The number of halogens is 1. The summed E-state index contributed by atoms with van der Waals surface area (Å²) in [4.78, 5) is 6.31. The molecule has 0 radical (unpaired) electrons. The standard InChI is InChI=1S/C8H9ClN4O2/c9-5-1-2-6(11-3-5)8(15)7(14)4-12-13-10/h1-3,7-8,14-15H,4H2. The fourth-order valence-corrected chi connectivity index (χ4v) is 1.09. The maximum absolute atomic E-state index is 9.57. The Balaban J connectivity index is 2.70. The summed E-state index contributed by atoms with van der Waals surface area (Å²) in [6.45, 7) is -0.206. The molecule has 0 aliphatic heterocycles. The monoisotopic (exact) mass is 228 g/mol. The van der Waals surface area contributed by atoms with Gasteiger partial charge >= 0.3 is 0 Å². The topological polar surface area (TPSA) is 102 Å². The molecule has 1 aromatic rings. The maximum atomic E-state index is 9.57. The highest BCUT2D eigenvalue weighted by molar-refractivity contribution is 6.30. The van der Waals surface area contributed by atoms with E-state index in [1.165, 1.54) is 12.3 Å². The Kier molecular flexibility index (Phi) is 4.33. The molecule has 2 N–H and O–H groups in total. The number of hydrogen-bond donors (Lipinski definition) is 2. The van der Waals surface area contributed by atoms with Crippen LogP contribution in [-0.2, 0) is 0 Å². The van der Waals surface area contributed by atoms with Gasteiger partial charge in [-0.1, -0.05) is 16.7 Å². The van der Waals surface area contributed by atoms with E-state index in [2.05, 4.69) is 15.0 Å². The van der Waals surface area contributed by atoms with E-state index >= 15 is 0 Å². The Bertz CT molecular complexity index is 363. The number of aliphatic hydroxyl groups excluding tert-OH is 2. The first-order valence-electron chi connectivity index (χ1n) is 4.13.